The molecule has 2 heterocycles. The number of carbonyl (C=O) groups excluding carboxylic acids is 1. The van der Waals surface area contributed by atoms with Crippen molar-refractivity contribution in [2.45, 2.75) is 19.5 Å². The first-order chi connectivity index (χ1) is 7.11. The Hall–Kier alpha value is -1.85. The van der Waals surface area contributed by atoms with Crippen molar-refractivity contribution in [1.82, 2.24) is 14.7 Å². The number of aliphatic carboxylic acids is 1. The van der Waals surface area contributed by atoms with Crippen LogP contribution in [0.5, 0.6) is 0 Å². The third kappa shape index (κ3) is 1.47. The van der Waals surface area contributed by atoms with Crippen LogP contribution in [0.25, 0.3) is 0 Å². The van der Waals surface area contributed by atoms with Crippen molar-refractivity contribution in [3.63, 3.8) is 0 Å². The molecule has 0 bridgehead atoms. The summed E-state index contributed by atoms with van der Waals surface area (Å²) in [6.07, 6.45) is 1.55. The number of amides is 1. The van der Waals surface area contributed by atoms with E-state index in [0.29, 0.717) is 18.8 Å². The number of carboxylic acids is 1. The molecular weight excluding hydrogens is 198 g/mol. The van der Waals surface area contributed by atoms with Crippen LogP contribution in [0.1, 0.15) is 18.7 Å². The molecule has 0 radical (unpaired) electrons. The fourth-order valence-corrected chi connectivity index (χ4v) is 1.85. The minimum Gasteiger partial charge on any atom is -0.479 e. The lowest BCUT2D eigenvalue weighted by Gasteiger charge is -2.32. The predicted octanol–water partition coefficient (Wildman–Crippen LogP) is -0.129. The minimum absolute atomic E-state index is 0.227. The first kappa shape index (κ1) is 9.70. The maximum Gasteiger partial charge on any atom is 0.332 e. The molecule has 0 aliphatic carbocycles. The molecule has 0 saturated heterocycles. The van der Waals surface area contributed by atoms with Crippen molar-refractivity contribution >= 4 is 11.9 Å². The second-order valence-electron chi connectivity index (χ2n) is 3.43. The van der Waals surface area contributed by atoms with E-state index in [9.17, 15) is 9.59 Å². The van der Waals surface area contributed by atoms with E-state index < -0.39 is 12.0 Å². The van der Waals surface area contributed by atoms with E-state index >= 15 is 0 Å². The van der Waals surface area contributed by atoms with E-state index in [1.165, 1.54) is 11.8 Å². The number of hydrogen-bond acceptors (Lipinski definition) is 3. The smallest absolute Gasteiger partial charge is 0.332 e. The van der Waals surface area contributed by atoms with E-state index in [1.807, 2.05) is 0 Å². The number of fused-ring (bicyclic) bond motifs is 1. The molecule has 0 saturated carbocycles. The standard InChI is InChI=1S/C9H11N3O3/c1-6(13)11-4-5-12-7(2-3-10-12)8(11)9(14)15/h2-3,8H,4-5H2,1H3,(H,14,15). The summed E-state index contributed by atoms with van der Waals surface area (Å²) in [6.45, 7) is 2.31. The van der Waals surface area contributed by atoms with Gasteiger partial charge in [0, 0.05) is 19.7 Å². The predicted molar refractivity (Wildman–Crippen MR) is 50.0 cm³/mol. The van der Waals surface area contributed by atoms with Crippen LogP contribution < -0.4 is 0 Å². The van der Waals surface area contributed by atoms with Gasteiger partial charge < -0.3 is 10.0 Å². The van der Waals surface area contributed by atoms with Gasteiger partial charge in [0.15, 0.2) is 6.04 Å². The van der Waals surface area contributed by atoms with E-state index in [0.717, 1.165) is 0 Å². The van der Waals surface area contributed by atoms with Crippen LogP contribution in [-0.4, -0.2) is 38.2 Å². The van der Waals surface area contributed by atoms with Crippen LogP contribution >= 0.6 is 0 Å². The first-order valence-corrected chi connectivity index (χ1v) is 4.63. The highest BCUT2D eigenvalue weighted by molar-refractivity contribution is 5.83. The Morgan fingerprint density at radius 2 is 2.27 bits per heavy atom. The molecule has 1 aliphatic heterocycles. The molecular formula is C9H11N3O3. The van der Waals surface area contributed by atoms with Crippen LogP contribution in [0.2, 0.25) is 0 Å². The van der Waals surface area contributed by atoms with Gasteiger partial charge in [-0.15, -0.1) is 0 Å². The Balaban J connectivity index is 2.43. The zero-order valence-electron chi connectivity index (χ0n) is 8.25. The van der Waals surface area contributed by atoms with Gasteiger partial charge in [-0.2, -0.15) is 5.10 Å². The van der Waals surface area contributed by atoms with Crippen molar-refractivity contribution < 1.29 is 14.7 Å². The van der Waals surface area contributed by atoms with Crippen LogP contribution in [0.4, 0.5) is 0 Å². The molecule has 0 spiro atoms. The Kier molecular flexibility index (Phi) is 2.18. The molecule has 6 nitrogen and oxygen atoms in total. The highest BCUT2D eigenvalue weighted by Crippen LogP contribution is 2.24. The number of hydrogen-bond donors (Lipinski definition) is 1. The fraction of sp³-hybridized carbons (Fsp3) is 0.444. The van der Waals surface area contributed by atoms with Crippen molar-refractivity contribution in [2.24, 2.45) is 0 Å². The first-order valence-electron chi connectivity index (χ1n) is 4.63. The van der Waals surface area contributed by atoms with Gasteiger partial charge in [0.25, 0.3) is 0 Å². The van der Waals surface area contributed by atoms with E-state index in [2.05, 4.69) is 5.10 Å². The maximum absolute atomic E-state index is 11.3. The lowest BCUT2D eigenvalue weighted by Crippen LogP contribution is -2.44. The van der Waals surface area contributed by atoms with E-state index in [4.69, 9.17) is 5.11 Å². The van der Waals surface area contributed by atoms with Crippen molar-refractivity contribution in [3.05, 3.63) is 18.0 Å². The summed E-state index contributed by atoms with van der Waals surface area (Å²) >= 11 is 0. The summed E-state index contributed by atoms with van der Waals surface area (Å²) in [5, 5.41) is 13.1. The summed E-state index contributed by atoms with van der Waals surface area (Å²) < 4.78 is 1.62. The molecule has 1 atom stereocenters. The second kappa shape index (κ2) is 3.38. The fourth-order valence-electron chi connectivity index (χ4n) is 1.85. The van der Waals surface area contributed by atoms with Crippen molar-refractivity contribution in [2.75, 3.05) is 6.54 Å². The van der Waals surface area contributed by atoms with E-state index in [1.54, 1.807) is 16.9 Å². The summed E-state index contributed by atoms with van der Waals surface area (Å²) in [7, 11) is 0. The molecule has 2 rings (SSSR count). The molecule has 1 amide bonds. The SMILES string of the molecule is CC(=O)N1CCn2nccc2C1C(=O)O. The number of nitrogens with zero attached hydrogens (tertiary/aromatic N) is 3. The third-order valence-electron chi connectivity index (χ3n) is 2.53. The summed E-state index contributed by atoms with van der Waals surface area (Å²) in [6, 6.07) is 0.729. The molecule has 1 N–H and O–H groups in total. The number of carbonyl (C=O) groups is 2. The second-order valence-corrected chi connectivity index (χ2v) is 3.43. The summed E-state index contributed by atoms with van der Waals surface area (Å²) in [5.41, 5.74) is 0.559. The van der Waals surface area contributed by atoms with Gasteiger partial charge >= 0.3 is 5.97 Å². The molecule has 1 unspecified atom stereocenters. The zero-order valence-corrected chi connectivity index (χ0v) is 8.25. The highest BCUT2D eigenvalue weighted by Gasteiger charge is 2.35. The Morgan fingerprint density at radius 1 is 1.53 bits per heavy atom. The largest absolute Gasteiger partial charge is 0.479 e. The van der Waals surface area contributed by atoms with Gasteiger partial charge in [0.1, 0.15) is 0 Å². The normalized spacial score (nSPS) is 19.8. The van der Waals surface area contributed by atoms with Crippen molar-refractivity contribution in [1.29, 1.82) is 0 Å². The lowest BCUT2D eigenvalue weighted by atomic mass is 10.1. The molecule has 15 heavy (non-hydrogen) atoms. The van der Waals surface area contributed by atoms with Gasteiger partial charge in [-0.05, 0) is 6.07 Å². The van der Waals surface area contributed by atoms with Crippen molar-refractivity contribution in [3.8, 4) is 0 Å². The van der Waals surface area contributed by atoms with Crippen LogP contribution in [0.15, 0.2) is 12.3 Å². The number of aromatic nitrogens is 2. The Bertz CT molecular complexity index is 412. The zero-order chi connectivity index (χ0) is 11.0. The quantitative estimate of drug-likeness (QED) is 0.699. The molecule has 0 aromatic carbocycles. The third-order valence-corrected chi connectivity index (χ3v) is 2.53. The van der Waals surface area contributed by atoms with Gasteiger partial charge in [0.2, 0.25) is 5.91 Å². The van der Waals surface area contributed by atoms with Gasteiger partial charge in [0.05, 0.1) is 12.2 Å². The van der Waals surface area contributed by atoms with Crippen LogP contribution in [0.3, 0.4) is 0 Å². The summed E-state index contributed by atoms with van der Waals surface area (Å²) in [4.78, 5) is 23.7. The molecule has 80 valence electrons. The average Bonchev–Trinajstić information content (AvgIpc) is 2.62. The molecule has 1 aromatic heterocycles. The van der Waals surface area contributed by atoms with Crippen LogP contribution in [0, 0.1) is 0 Å². The number of rotatable bonds is 1. The molecule has 1 aliphatic rings. The van der Waals surface area contributed by atoms with E-state index in [-0.39, 0.29) is 5.91 Å². The van der Waals surface area contributed by atoms with Gasteiger partial charge in [-0.25, -0.2) is 4.79 Å². The molecule has 1 aromatic rings. The van der Waals surface area contributed by atoms with Gasteiger partial charge in [-0.1, -0.05) is 0 Å². The maximum atomic E-state index is 11.3. The lowest BCUT2D eigenvalue weighted by molar-refractivity contribution is -0.151. The minimum atomic E-state index is -1.02. The van der Waals surface area contributed by atoms with Gasteiger partial charge in [-0.3, -0.25) is 9.48 Å². The molecule has 6 heteroatoms. The summed E-state index contributed by atoms with van der Waals surface area (Å²) in [5.74, 6) is -1.25. The Morgan fingerprint density at radius 3 is 2.87 bits per heavy atom. The van der Waals surface area contributed by atoms with Crippen LogP contribution in [-0.2, 0) is 16.1 Å². The topological polar surface area (TPSA) is 75.4 Å². The Labute approximate surface area is 86.1 Å². The average molecular weight is 209 g/mol. The highest BCUT2D eigenvalue weighted by atomic mass is 16.4. The number of carboxylic acid groups (broad SMARTS) is 1. The monoisotopic (exact) mass is 209 g/mol. The molecule has 0 fully saturated rings.